The lowest BCUT2D eigenvalue weighted by molar-refractivity contribution is 0.673. The number of benzene rings is 7. The highest BCUT2D eigenvalue weighted by molar-refractivity contribution is 6.16. The second-order valence-corrected chi connectivity index (χ2v) is 11.0. The lowest BCUT2D eigenvalue weighted by Crippen LogP contribution is -1.96. The van der Waals surface area contributed by atoms with Gasteiger partial charge in [0.15, 0.2) is 5.58 Å². The molecule has 7 aromatic carbocycles. The third-order valence-electron chi connectivity index (χ3n) is 8.52. The first-order chi connectivity index (χ1) is 20.8. The fourth-order valence-electron chi connectivity index (χ4n) is 6.50. The Morgan fingerprint density at radius 1 is 0.405 bits per heavy atom. The maximum absolute atomic E-state index is 6.47. The Kier molecular flexibility index (Phi) is 4.93. The molecule has 2 heteroatoms. The zero-order chi connectivity index (χ0) is 27.6. The van der Waals surface area contributed by atoms with Crippen LogP contribution in [0.15, 0.2) is 156 Å². The van der Waals surface area contributed by atoms with E-state index < -0.39 is 0 Å². The maximum atomic E-state index is 6.47. The minimum absolute atomic E-state index is 0.905. The van der Waals surface area contributed by atoms with Crippen LogP contribution in [0.3, 0.4) is 0 Å². The molecule has 9 aromatic rings. The minimum atomic E-state index is 0.905. The van der Waals surface area contributed by atoms with Gasteiger partial charge in [-0.3, -0.25) is 0 Å². The summed E-state index contributed by atoms with van der Waals surface area (Å²) in [5.74, 6) is 0. The van der Waals surface area contributed by atoms with Gasteiger partial charge >= 0.3 is 0 Å². The Morgan fingerprint density at radius 2 is 0.952 bits per heavy atom. The number of aromatic nitrogens is 1. The molecule has 0 fully saturated rings. The second-order valence-electron chi connectivity index (χ2n) is 11.0. The van der Waals surface area contributed by atoms with E-state index in [2.05, 4.69) is 150 Å². The minimum Gasteiger partial charge on any atom is -0.454 e. The maximum Gasteiger partial charge on any atom is 0.161 e. The Labute approximate surface area is 242 Å². The number of fused-ring (bicyclic) bond motifs is 7. The highest BCUT2D eigenvalue weighted by atomic mass is 16.3. The summed E-state index contributed by atoms with van der Waals surface area (Å²) < 4.78 is 8.85. The molecule has 0 atom stereocenters. The summed E-state index contributed by atoms with van der Waals surface area (Å²) in [7, 11) is 0. The van der Waals surface area contributed by atoms with Crippen molar-refractivity contribution in [3.8, 4) is 27.9 Å². The highest BCUT2D eigenvalue weighted by Crippen LogP contribution is 2.41. The van der Waals surface area contributed by atoms with E-state index in [1.165, 1.54) is 43.8 Å². The van der Waals surface area contributed by atoms with Crippen LogP contribution in [0.1, 0.15) is 0 Å². The first-order valence-electron chi connectivity index (χ1n) is 14.3. The molecule has 0 saturated carbocycles. The smallest absolute Gasteiger partial charge is 0.161 e. The van der Waals surface area contributed by atoms with E-state index in [1.807, 2.05) is 6.07 Å². The van der Waals surface area contributed by atoms with E-state index in [0.717, 1.165) is 38.7 Å². The third-order valence-corrected chi connectivity index (χ3v) is 8.52. The molecule has 42 heavy (non-hydrogen) atoms. The van der Waals surface area contributed by atoms with Crippen LogP contribution in [-0.2, 0) is 0 Å². The van der Waals surface area contributed by atoms with Crippen LogP contribution in [-0.4, -0.2) is 4.57 Å². The van der Waals surface area contributed by atoms with Crippen molar-refractivity contribution in [2.75, 3.05) is 0 Å². The second kappa shape index (κ2) is 8.95. The van der Waals surface area contributed by atoms with Crippen molar-refractivity contribution in [2.24, 2.45) is 0 Å². The SMILES string of the molecule is c1ccc2cc(-c3cc(-c4ccc5ccccc5c4)cc(-n4c5ccccc5c5oc6ccccc6c54)c3)ccc2c1. The quantitative estimate of drug-likeness (QED) is 0.220. The van der Waals surface area contributed by atoms with Crippen LogP contribution in [0.2, 0.25) is 0 Å². The Hall–Kier alpha value is -5.60. The van der Waals surface area contributed by atoms with E-state index >= 15 is 0 Å². The van der Waals surface area contributed by atoms with Crippen LogP contribution < -0.4 is 0 Å². The van der Waals surface area contributed by atoms with Gasteiger partial charge in [-0.1, -0.05) is 97.1 Å². The van der Waals surface area contributed by atoms with Crippen molar-refractivity contribution >= 4 is 54.5 Å². The third kappa shape index (κ3) is 3.52. The van der Waals surface area contributed by atoms with Gasteiger partial charge in [0.2, 0.25) is 0 Å². The van der Waals surface area contributed by atoms with Gasteiger partial charge in [0.1, 0.15) is 11.1 Å². The molecule has 2 heterocycles. The predicted octanol–water partition coefficient (Wildman–Crippen LogP) is 11.2. The van der Waals surface area contributed by atoms with Crippen LogP contribution in [0.5, 0.6) is 0 Å². The molecule has 0 N–H and O–H groups in total. The zero-order valence-corrected chi connectivity index (χ0v) is 22.8. The van der Waals surface area contributed by atoms with Crippen LogP contribution in [0.4, 0.5) is 0 Å². The molecule has 0 bridgehead atoms. The van der Waals surface area contributed by atoms with Crippen LogP contribution in [0, 0.1) is 0 Å². The first kappa shape index (κ1) is 23.1. The lowest BCUT2D eigenvalue weighted by Gasteiger charge is -2.14. The molecule has 2 aromatic heterocycles. The van der Waals surface area contributed by atoms with E-state index in [9.17, 15) is 0 Å². The molecule has 0 aliphatic heterocycles. The van der Waals surface area contributed by atoms with E-state index in [4.69, 9.17) is 4.42 Å². The number of rotatable bonds is 3. The number of hydrogen-bond donors (Lipinski definition) is 0. The summed E-state index contributed by atoms with van der Waals surface area (Å²) >= 11 is 0. The van der Waals surface area contributed by atoms with Gasteiger partial charge in [0.25, 0.3) is 0 Å². The molecule has 2 nitrogen and oxygen atoms in total. The van der Waals surface area contributed by atoms with Gasteiger partial charge in [0.05, 0.1) is 5.52 Å². The summed E-state index contributed by atoms with van der Waals surface area (Å²) in [5, 5.41) is 7.20. The Morgan fingerprint density at radius 3 is 1.62 bits per heavy atom. The van der Waals surface area contributed by atoms with Gasteiger partial charge in [-0.25, -0.2) is 0 Å². The van der Waals surface area contributed by atoms with Crippen LogP contribution >= 0.6 is 0 Å². The largest absolute Gasteiger partial charge is 0.454 e. The molecule has 9 rings (SSSR count). The molecule has 0 aliphatic rings. The highest BCUT2D eigenvalue weighted by Gasteiger charge is 2.20. The molecule has 0 amide bonds. The van der Waals surface area contributed by atoms with Crippen molar-refractivity contribution < 1.29 is 4.42 Å². The molecule has 0 saturated heterocycles. The molecular weight excluding hydrogens is 510 g/mol. The standard InChI is InChI=1S/C40H25NO/c1-3-11-28-21-30(19-17-26(28)9-1)32-23-33(31-20-18-27-10-2-4-12-29(27)22-31)25-34(24-32)41-37-15-7-5-13-35(37)40-39(41)36-14-6-8-16-38(36)42-40/h1-25H. The lowest BCUT2D eigenvalue weighted by atomic mass is 9.95. The van der Waals surface area contributed by atoms with E-state index in [1.54, 1.807) is 0 Å². The van der Waals surface area contributed by atoms with E-state index in [-0.39, 0.29) is 0 Å². The summed E-state index contributed by atoms with van der Waals surface area (Å²) in [5.41, 5.74) is 9.94. The molecule has 196 valence electrons. The number of furan rings is 1. The average Bonchev–Trinajstić information content (AvgIpc) is 3.59. The van der Waals surface area contributed by atoms with Crippen molar-refractivity contribution in [2.45, 2.75) is 0 Å². The van der Waals surface area contributed by atoms with Gasteiger partial charge in [0, 0.05) is 16.5 Å². The van der Waals surface area contributed by atoms with Gasteiger partial charge in [-0.15, -0.1) is 0 Å². The monoisotopic (exact) mass is 535 g/mol. The van der Waals surface area contributed by atoms with Gasteiger partial charge in [-0.2, -0.15) is 0 Å². The molecule has 0 unspecified atom stereocenters. The Bertz CT molecular complexity index is 2370. The topological polar surface area (TPSA) is 18.1 Å². The predicted molar refractivity (Wildman–Crippen MR) is 176 cm³/mol. The van der Waals surface area contributed by atoms with Gasteiger partial charge < -0.3 is 8.98 Å². The molecular formula is C40H25NO. The summed E-state index contributed by atoms with van der Waals surface area (Å²) in [4.78, 5) is 0. The fraction of sp³-hybridized carbons (Fsp3) is 0. The summed E-state index contributed by atoms with van der Waals surface area (Å²) in [6.45, 7) is 0. The van der Waals surface area contributed by atoms with Crippen LogP contribution in [0.25, 0.3) is 82.5 Å². The summed E-state index contributed by atoms with van der Waals surface area (Å²) in [6, 6.07) is 54.5. The average molecular weight is 536 g/mol. The molecule has 0 radical (unpaired) electrons. The van der Waals surface area contributed by atoms with Crippen molar-refractivity contribution in [1.82, 2.24) is 4.57 Å². The van der Waals surface area contributed by atoms with E-state index in [0.29, 0.717) is 0 Å². The number of hydrogen-bond acceptors (Lipinski definition) is 1. The van der Waals surface area contributed by atoms with Crippen molar-refractivity contribution in [3.63, 3.8) is 0 Å². The molecule has 0 aliphatic carbocycles. The van der Waals surface area contributed by atoms with Crippen molar-refractivity contribution in [1.29, 1.82) is 0 Å². The van der Waals surface area contributed by atoms with Crippen molar-refractivity contribution in [3.05, 3.63) is 152 Å². The normalized spacial score (nSPS) is 11.8. The molecule has 0 spiro atoms. The number of para-hydroxylation sites is 2. The number of nitrogens with zero attached hydrogens (tertiary/aromatic N) is 1. The fourth-order valence-corrected chi connectivity index (χ4v) is 6.50. The zero-order valence-electron chi connectivity index (χ0n) is 22.8. The Balaban J connectivity index is 1.37. The van der Waals surface area contributed by atoms with Gasteiger partial charge in [-0.05, 0) is 98.4 Å². The summed E-state index contributed by atoms with van der Waals surface area (Å²) in [6.07, 6.45) is 0. The first-order valence-corrected chi connectivity index (χ1v) is 14.3.